The van der Waals surface area contributed by atoms with E-state index in [1.54, 1.807) is 42.5 Å². The number of nitrogens with one attached hydrogen (secondary N) is 1. The maximum Gasteiger partial charge on any atom is 0.282 e. The van der Waals surface area contributed by atoms with E-state index >= 15 is 0 Å². The van der Waals surface area contributed by atoms with E-state index in [1.165, 1.54) is 7.11 Å². The number of amides is 2. The van der Waals surface area contributed by atoms with Crippen LogP contribution in [0.5, 0.6) is 5.75 Å². The highest BCUT2D eigenvalue weighted by Gasteiger charge is 2.41. The van der Waals surface area contributed by atoms with Crippen LogP contribution < -0.4 is 15.0 Å². The van der Waals surface area contributed by atoms with E-state index < -0.39 is 11.8 Å². The van der Waals surface area contributed by atoms with Gasteiger partial charge in [0.15, 0.2) is 0 Å². The van der Waals surface area contributed by atoms with Gasteiger partial charge in [0, 0.05) is 5.02 Å². The molecule has 0 unspecified atom stereocenters. The minimum atomic E-state index is -0.518. The summed E-state index contributed by atoms with van der Waals surface area (Å²) in [6.45, 7) is 1.95. The Labute approximate surface area is 189 Å². The number of hydrogen-bond donors (Lipinski definition) is 1. The molecule has 0 aliphatic carbocycles. The molecule has 156 valence electrons. The van der Waals surface area contributed by atoms with Crippen molar-refractivity contribution in [3.8, 4) is 5.75 Å². The van der Waals surface area contributed by atoms with Crippen molar-refractivity contribution in [3.63, 3.8) is 0 Å². The normalized spacial score (nSPS) is 13.7. The molecule has 1 N–H and O–H groups in total. The first kappa shape index (κ1) is 21.0. The number of nitrogens with zero attached hydrogens (tertiary/aromatic N) is 1. The van der Waals surface area contributed by atoms with E-state index in [0.717, 1.165) is 10.5 Å². The smallest absolute Gasteiger partial charge is 0.282 e. The summed E-state index contributed by atoms with van der Waals surface area (Å²) in [7, 11) is 1.52. The van der Waals surface area contributed by atoms with Crippen molar-refractivity contribution in [1.82, 2.24) is 0 Å². The number of rotatable bonds is 5. The molecule has 31 heavy (non-hydrogen) atoms. The lowest BCUT2D eigenvalue weighted by atomic mass is 10.0. The van der Waals surface area contributed by atoms with E-state index in [0.29, 0.717) is 32.7 Å². The Morgan fingerprint density at radius 1 is 0.903 bits per heavy atom. The molecule has 7 heteroatoms. The van der Waals surface area contributed by atoms with Gasteiger partial charge in [0.05, 0.1) is 29.1 Å². The Balaban J connectivity index is 1.87. The summed E-state index contributed by atoms with van der Waals surface area (Å²) < 4.78 is 5.39. The Hall–Kier alpha value is -3.28. The van der Waals surface area contributed by atoms with E-state index in [2.05, 4.69) is 5.32 Å². The van der Waals surface area contributed by atoms with Gasteiger partial charge in [-0.25, -0.2) is 4.90 Å². The third-order valence-corrected chi connectivity index (χ3v) is 5.49. The topological polar surface area (TPSA) is 58.6 Å². The highest BCUT2D eigenvalue weighted by molar-refractivity contribution is 6.48. The van der Waals surface area contributed by atoms with Gasteiger partial charge in [-0.3, -0.25) is 9.59 Å². The summed E-state index contributed by atoms with van der Waals surface area (Å²) in [6.07, 6.45) is 0. The van der Waals surface area contributed by atoms with Crippen LogP contribution in [0.15, 0.2) is 72.4 Å². The summed E-state index contributed by atoms with van der Waals surface area (Å²) in [5.74, 6) is -0.502. The van der Waals surface area contributed by atoms with Gasteiger partial charge in [-0.05, 0) is 42.8 Å². The van der Waals surface area contributed by atoms with Crippen LogP contribution in [0.25, 0.3) is 5.57 Å². The van der Waals surface area contributed by atoms with Crippen LogP contribution in [0.2, 0.25) is 10.0 Å². The lowest BCUT2D eigenvalue weighted by molar-refractivity contribution is -0.120. The zero-order valence-electron chi connectivity index (χ0n) is 16.8. The van der Waals surface area contributed by atoms with Gasteiger partial charge in [0.2, 0.25) is 0 Å². The fraction of sp³-hybridized carbons (Fsp3) is 0.0833. The summed E-state index contributed by atoms with van der Waals surface area (Å²) in [4.78, 5) is 28.0. The standard InChI is InChI=1S/C24H18Cl2N2O3/c1-14-7-9-15(10-8-14)21-22(27-18-13-16(25)11-12-20(18)31-2)24(30)28(23(21)29)19-6-4-3-5-17(19)26/h3-13,27H,1-2H3. The molecule has 2 amide bonds. The molecule has 3 aromatic carbocycles. The highest BCUT2D eigenvalue weighted by Crippen LogP contribution is 2.38. The quantitative estimate of drug-likeness (QED) is 0.503. The molecule has 5 nitrogen and oxygen atoms in total. The molecule has 0 fully saturated rings. The largest absolute Gasteiger partial charge is 0.495 e. The van der Waals surface area contributed by atoms with Gasteiger partial charge in [-0.15, -0.1) is 0 Å². The van der Waals surface area contributed by atoms with Gasteiger partial charge in [0.25, 0.3) is 11.8 Å². The Kier molecular flexibility index (Phi) is 5.72. The second-order valence-corrected chi connectivity index (χ2v) is 7.83. The number of ether oxygens (including phenoxy) is 1. The first-order valence-electron chi connectivity index (χ1n) is 9.46. The van der Waals surface area contributed by atoms with Crippen LogP contribution in [0.1, 0.15) is 11.1 Å². The maximum atomic E-state index is 13.5. The van der Waals surface area contributed by atoms with Gasteiger partial charge in [-0.2, -0.15) is 0 Å². The fourth-order valence-electron chi connectivity index (χ4n) is 3.40. The first-order valence-corrected chi connectivity index (χ1v) is 10.2. The van der Waals surface area contributed by atoms with Crippen molar-refractivity contribution < 1.29 is 14.3 Å². The van der Waals surface area contributed by atoms with E-state index in [9.17, 15) is 9.59 Å². The summed E-state index contributed by atoms with van der Waals surface area (Å²) in [6, 6.07) is 19.1. The predicted molar refractivity (Wildman–Crippen MR) is 124 cm³/mol. The van der Waals surface area contributed by atoms with Crippen LogP contribution in [-0.4, -0.2) is 18.9 Å². The molecule has 1 aliphatic rings. The van der Waals surface area contributed by atoms with E-state index in [-0.39, 0.29) is 11.3 Å². The molecule has 0 bridgehead atoms. The molecule has 0 radical (unpaired) electrons. The summed E-state index contributed by atoms with van der Waals surface area (Å²) >= 11 is 12.5. The number of methoxy groups -OCH3 is 1. The Morgan fingerprint density at radius 3 is 2.29 bits per heavy atom. The number of imide groups is 1. The van der Waals surface area contributed by atoms with Gasteiger partial charge in [0.1, 0.15) is 11.4 Å². The number of carbonyl (C=O) groups excluding carboxylic acids is 2. The Morgan fingerprint density at radius 2 is 1.61 bits per heavy atom. The third kappa shape index (κ3) is 3.90. The molecule has 0 saturated carbocycles. The number of para-hydroxylation sites is 1. The second kappa shape index (κ2) is 8.46. The number of benzene rings is 3. The van der Waals surface area contributed by atoms with Crippen LogP contribution in [0, 0.1) is 6.92 Å². The average Bonchev–Trinajstić information content (AvgIpc) is 2.99. The molecule has 1 heterocycles. The molecular formula is C24H18Cl2N2O3. The average molecular weight is 453 g/mol. The molecule has 0 aromatic heterocycles. The maximum absolute atomic E-state index is 13.5. The van der Waals surface area contributed by atoms with Gasteiger partial charge >= 0.3 is 0 Å². The van der Waals surface area contributed by atoms with Gasteiger partial charge < -0.3 is 10.1 Å². The van der Waals surface area contributed by atoms with Crippen molar-refractivity contribution in [2.24, 2.45) is 0 Å². The van der Waals surface area contributed by atoms with Crippen molar-refractivity contribution >= 4 is 52.0 Å². The first-order chi connectivity index (χ1) is 14.9. The predicted octanol–water partition coefficient (Wildman–Crippen LogP) is 5.71. The van der Waals surface area contributed by atoms with Crippen molar-refractivity contribution in [2.45, 2.75) is 6.92 Å². The zero-order chi connectivity index (χ0) is 22.1. The van der Waals surface area contributed by atoms with Crippen LogP contribution in [0.3, 0.4) is 0 Å². The highest BCUT2D eigenvalue weighted by atomic mass is 35.5. The molecule has 0 saturated heterocycles. The zero-order valence-corrected chi connectivity index (χ0v) is 18.3. The molecule has 0 atom stereocenters. The van der Waals surface area contributed by atoms with Gasteiger partial charge in [-0.1, -0.05) is 65.2 Å². The third-order valence-electron chi connectivity index (χ3n) is 4.94. The van der Waals surface area contributed by atoms with Crippen molar-refractivity contribution in [3.05, 3.63) is 93.6 Å². The molecular weight excluding hydrogens is 435 g/mol. The van der Waals surface area contributed by atoms with Crippen molar-refractivity contribution in [1.29, 1.82) is 0 Å². The lowest BCUT2D eigenvalue weighted by Crippen LogP contribution is -2.32. The van der Waals surface area contributed by atoms with E-state index in [4.69, 9.17) is 27.9 Å². The monoisotopic (exact) mass is 452 g/mol. The number of carbonyl (C=O) groups is 2. The number of halogens is 2. The molecule has 4 rings (SSSR count). The minimum Gasteiger partial charge on any atom is -0.495 e. The fourth-order valence-corrected chi connectivity index (χ4v) is 3.79. The van der Waals surface area contributed by atoms with Crippen LogP contribution in [0.4, 0.5) is 11.4 Å². The summed E-state index contributed by atoms with van der Waals surface area (Å²) in [5, 5.41) is 3.84. The molecule has 0 spiro atoms. The number of aryl methyl sites for hydroxylation is 1. The lowest BCUT2D eigenvalue weighted by Gasteiger charge is -2.17. The molecule has 1 aliphatic heterocycles. The minimum absolute atomic E-state index is 0.120. The number of hydrogen-bond acceptors (Lipinski definition) is 4. The van der Waals surface area contributed by atoms with Crippen molar-refractivity contribution in [2.75, 3.05) is 17.3 Å². The van der Waals surface area contributed by atoms with Crippen LogP contribution >= 0.6 is 23.2 Å². The second-order valence-electron chi connectivity index (χ2n) is 6.98. The molecule has 3 aromatic rings. The SMILES string of the molecule is COc1ccc(Cl)cc1NC1=C(c2ccc(C)cc2)C(=O)N(c2ccccc2Cl)C1=O. The summed E-state index contributed by atoms with van der Waals surface area (Å²) in [5.41, 5.74) is 2.80. The number of anilines is 2. The van der Waals surface area contributed by atoms with Crippen LogP contribution in [-0.2, 0) is 9.59 Å². The van der Waals surface area contributed by atoms with E-state index in [1.807, 2.05) is 31.2 Å². The Bertz CT molecular complexity index is 1220.